The molecule has 11 nitrogen and oxygen atoms in total. The second-order valence-corrected chi connectivity index (χ2v) is 24.2. The Labute approximate surface area is 444 Å². The first-order valence-electron chi connectivity index (χ1n) is 25.1. The summed E-state index contributed by atoms with van der Waals surface area (Å²) in [5.41, 5.74) is -5.00. The minimum atomic E-state index is -1.10. The standard InChI is InChI=1S/C48H90N2O8.C5H10O.C2H6.CH3.Y/c1-22-24-25-34(23-2)43(12,13)29-35(37(52)50-31-49-36(51)28-32(3)4)45(16,17)33(5)48(21,42(9,10)11)40(56)58-27-26-57-39(55)46(18,19)44(14,15)30-47(20,38(53)54)41(6,7)8;1-5(2)3-4-6;1-2;;/h32-35H,22-31H2,1-21H3,(H,49,51)(H,50,52)(H,53,54);6H,1,3-4H2,2H3;1-2H3;1H3;/q;;;-1;. The molecule has 0 aromatic heterocycles. The fourth-order valence-corrected chi connectivity index (χ4v) is 8.79. The number of hydrogen-bond acceptors (Lipinski definition) is 8. The molecule has 0 aliphatic rings. The van der Waals surface area contributed by atoms with E-state index in [2.05, 4.69) is 58.8 Å². The number of esters is 2. The molecule has 68 heavy (non-hydrogen) atoms. The van der Waals surface area contributed by atoms with Crippen LogP contribution in [-0.4, -0.2) is 66.4 Å². The molecule has 0 fully saturated rings. The van der Waals surface area contributed by atoms with Crippen LogP contribution in [0.15, 0.2) is 12.2 Å². The van der Waals surface area contributed by atoms with Crippen molar-refractivity contribution in [3.8, 4) is 0 Å². The second kappa shape index (κ2) is 31.6. The second-order valence-electron chi connectivity index (χ2n) is 24.2. The van der Waals surface area contributed by atoms with Gasteiger partial charge in [0.1, 0.15) is 13.2 Å². The van der Waals surface area contributed by atoms with Crippen molar-refractivity contribution in [1.82, 2.24) is 10.6 Å². The van der Waals surface area contributed by atoms with Crippen molar-refractivity contribution >= 4 is 29.7 Å². The number of rotatable bonds is 26. The first kappa shape index (κ1) is 75.1. The van der Waals surface area contributed by atoms with E-state index in [0.29, 0.717) is 18.8 Å². The van der Waals surface area contributed by atoms with E-state index < -0.39 is 61.7 Å². The Morgan fingerprint density at radius 2 is 1.21 bits per heavy atom. The predicted molar refractivity (Wildman–Crippen MR) is 280 cm³/mol. The van der Waals surface area contributed by atoms with E-state index in [1.54, 1.807) is 20.8 Å². The van der Waals surface area contributed by atoms with Crippen molar-refractivity contribution in [3.05, 3.63) is 19.6 Å². The van der Waals surface area contributed by atoms with Gasteiger partial charge in [-0.15, -0.1) is 6.58 Å². The number of ether oxygens (including phenoxy) is 2. The van der Waals surface area contributed by atoms with Crippen molar-refractivity contribution < 1.29 is 76.4 Å². The Kier molecular flexibility index (Phi) is 34.9. The topological polar surface area (TPSA) is 168 Å². The van der Waals surface area contributed by atoms with Crippen molar-refractivity contribution in [3.63, 3.8) is 0 Å². The van der Waals surface area contributed by atoms with Crippen LogP contribution >= 0.6 is 0 Å². The molecule has 0 heterocycles. The fraction of sp³-hybridized carbons (Fsp3) is 0.857. The van der Waals surface area contributed by atoms with Gasteiger partial charge in [0.05, 0.1) is 22.9 Å². The summed E-state index contributed by atoms with van der Waals surface area (Å²) in [4.78, 5) is 67.4. The third-order valence-electron chi connectivity index (χ3n) is 15.8. The average molecular weight is 1040 g/mol. The van der Waals surface area contributed by atoms with Gasteiger partial charge in [-0.1, -0.05) is 156 Å². The van der Waals surface area contributed by atoms with Crippen LogP contribution in [-0.2, 0) is 66.2 Å². The molecule has 0 aliphatic heterocycles. The van der Waals surface area contributed by atoms with Crippen LogP contribution in [0, 0.1) is 74.4 Å². The van der Waals surface area contributed by atoms with Gasteiger partial charge in [-0.2, -0.15) is 0 Å². The monoisotopic (exact) mass is 1040 g/mol. The Bertz CT molecular complexity index is 1520. The Morgan fingerprint density at radius 3 is 1.56 bits per heavy atom. The van der Waals surface area contributed by atoms with Crippen LogP contribution < -0.4 is 10.6 Å². The van der Waals surface area contributed by atoms with Gasteiger partial charge in [0.25, 0.3) is 0 Å². The summed E-state index contributed by atoms with van der Waals surface area (Å²) in [6, 6.07) is 0. The number of aliphatic carboxylic acids is 1. The number of amides is 2. The molecule has 4 N–H and O–H groups in total. The number of aliphatic hydroxyl groups excluding tert-OH is 1. The number of carbonyl (C=O) groups is 5. The third-order valence-corrected chi connectivity index (χ3v) is 15.8. The number of unbranched alkanes of at least 4 members (excludes halogenated alkanes) is 1. The zero-order valence-corrected chi connectivity index (χ0v) is 51.7. The normalized spacial score (nSPS) is 15.3. The van der Waals surface area contributed by atoms with E-state index in [4.69, 9.17) is 14.6 Å². The summed E-state index contributed by atoms with van der Waals surface area (Å²) >= 11 is 0. The van der Waals surface area contributed by atoms with E-state index in [0.717, 1.165) is 37.7 Å². The molecule has 0 aliphatic carbocycles. The molecular formula is C56H109N2O9Y-. The van der Waals surface area contributed by atoms with Crippen LogP contribution in [0.25, 0.3) is 0 Å². The zero-order valence-electron chi connectivity index (χ0n) is 48.8. The van der Waals surface area contributed by atoms with Crippen LogP contribution in [0.2, 0.25) is 0 Å². The number of aliphatic hydroxyl groups is 1. The van der Waals surface area contributed by atoms with Gasteiger partial charge >= 0.3 is 17.9 Å². The molecule has 2 amide bonds. The van der Waals surface area contributed by atoms with Gasteiger partial charge in [-0.05, 0) is 105 Å². The summed E-state index contributed by atoms with van der Waals surface area (Å²) in [7, 11) is 0. The molecule has 0 aromatic carbocycles. The van der Waals surface area contributed by atoms with E-state index in [-0.39, 0.29) is 102 Å². The summed E-state index contributed by atoms with van der Waals surface area (Å²) in [6.07, 6.45) is 6.22. The molecular weight excluding hydrogens is 934 g/mol. The molecule has 5 unspecified atom stereocenters. The van der Waals surface area contributed by atoms with Gasteiger partial charge in [-0.25, -0.2) is 0 Å². The minimum absolute atomic E-state index is 0. The fourth-order valence-electron chi connectivity index (χ4n) is 8.79. The maximum Gasteiger partial charge on any atom is 0.312 e. The maximum atomic E-state index is 14.4. The summed E-state index contributed by atoms with van der Waals surface area (Å²) in [5.74, 6) is -2.40. The minimum Gasteiger partial charge on any atom is -0.481 e. The quantitative estimate of drug-likeness (QED) is 0.0217. The van der Waals surface area contributed by atoms with Crippen molar-refractivity contribution in [2.24, 2.45) is 67.0 Å². The van der Waals surface area contributed by atoms with Gasteiger partial charge in [0, 0.05) is 51.7 Å². The van der Waals surface area contributed by atoms with Crippen LogP contribution in [0.5, 0.6) is 0 Å². The van der Waals surface area contributed by atoms with Crippen LogP contribution in [0.4, 0.5) is 0 Å². The van der Waals surface area contributed by atoms with Gasteiger partial charge < -0.3 is 37.7 Å². The van der Waals surface area contributed by atoms with Gasteiger partial charge in [-0.3, -0.25) is 24.0 Å². The molecule has 0 spiro atoms. The molecule has 401 valence electrons. The van der Waals surface area contributed by atoms with E-state index in [1.807, 2.05) is 104 Å². The molecule has 5 atom stereocenters. The largest absolute Gasteiger partial charge is 0.481 e. The Morgan fingerprint density at radius 1 is 0.735 bits per heavy atom. The molecule has 0 saturated heterocycles. The smallest absolute Gasteiger partial charge is 0.312 e. The average Bonchev–Trinajstić information content (AvgIpc) is 3.17. The molecule has 1 radical (unpaired) electrons. The summed E-state index contributed by atoms with van der Waals surface area (Å²) in [6.45, 7) is 51.1. The molecule has 0 aromatic rings. The third kappa shape index (κ3) is 21.9. The molecule has 0 saturated carbocycles. The Balaban J connectivity index is -0.00000122. The first-order valence-corrected chi connectivity index (χ1v) is 25.1. The van der Waals surface area contributed by atoms with Crippen LogP contribution in [0.1, 0.15) is 218 Å². The van der Waals surface area contributed by atoms with Crippen molar-refractivity contribution in [1.29, 1.82) is 0 Å². The summed E-state index contributed by atoms with van der Waals surface area (Å²) < 4.78 is 11.7. The van der Waals surface area contributed by atoms with E-state index >= 15 is 0 Å². The SMILES string of the molecule is C=C(C)CCO.CC.CCCCC(CC)C(C)(C)CC(C(=O)NCNC(=O)CC(C)C)C(C)(C)C(C)C(C)(C(=O)OCCOC(=O)C(C)(C)C(C)(C)CC(C)(C(=O)O)C(C)(C)C)C(C)(C)C.[CH3-].[Y]. The van der Waals surface area contributed by atoms with E-state index in [9.17, 15) is 29.1 Å². The van der Waals surface area contributed by atoms with Gasteiger partial charge in [0.15, 0.2) is 0 Å². The molecule has 0 bridgehead atoms. The maximum absolute atomic E-state index is 14.4. The first-order chi connectivity index (χ1) is 29.7. The number of nitrogens with one attached hydrogen (secondary N) is 2. The predicted octanol–water partition coefficient (Wildman–Crippen LogP) is 13.3. The number of carboxylic acids is 1. The van der Waals surface area contributed by atoms with Crippen molar-refractivity contribution in [2.45, 2.75) is 218 Å². The number of carbonyl (C=O) groups excluding carboxylic acids is 4. The van der Waals surface area contributed by atoms with E-state index in [1.165, 1.54) is 0 Å². The molecule has 12 heteroatoms. The summed E-state index contributed by atoms with van der Waals surface area (Å²) in [5, 5.41) is 24.3. The number of hydrogen-bond donors (Lipinski definition) is 4. The van der Waals surface area contributed by atoms with Crippen LogP contribution in [0.3, 0.4) is 0 Å². The Hall–Kier alpha value is -1.85. The zero-order chi connectivity index (χ0) is 53.1. The van der Waals surface area contributed by atoms with Gasteiger partial charge in [0.2, 0.25) is 11.8 Å². The number of carboxylic acid groups (broad SMARTS) is 1. The van der Waals surface area contributed by atoms with Crippen molar-refractivity contribution in [2.75, 3.05) is 26.5 Å². The molecule has 0 rings (SSSR count).